The van der Waals surface area contributed by atoms with E-state index in [-0.39, 0.29) is 35.8 Å². The lowest BCUT2D eigenvalue weighted by Crippen LogP contribution is -2.54. The van der Waals surface area contributed by atoms with E-state index >= 15 is 0 Å². The average molecular weight is 620 g/mol. The maximum atomic E-state index is 13.7. The van der Waals surface area contributed by atoms with Crippen molar-refractivity contribution in [1.29, 1.82) is 0 Å². The molecule has 0 unspecified atom stereocenters. The molecule has 0 bridgehead atoms. The largest absolute Gasteiger partial charge is 0.353 e. The molecule has 0 fully saturated rings. The van der Waals surface area contributed by atoms with E-state index in [0.717, 1.165) is 21.8 Å². The zero-order chi connectivity index (χ0) is 32.1. The van der Waals surface area contributed by atoms with Gasteiger partial charge in [0.25, 0.3) is 0 Å². The molecule has 1 heterocycles. The van der Waals surface area contributed by atoms with Gasteiger partial charge in [-0.2, -0.15) is 0 Å². The number of benzene rings is 2. The predicted octanol–water partition coefficient (Wildman–Crippen LogP) is 6.08. The molecule has 0 saturated carbocycles. The summed E-state index contributed by atoms with van der Waals surface area (Å²) in [6.07, 6.45) is 3.15. The van der Waals surface area contributed by atoms with Crippen LogP contribution >= 0.6 is 11.3 Å². The van der Waals surface area contributed by atoms with Crippen molar-refractivity contribution < 1.29 is 14.4 Å². The van der Waals surface area contributed by atoms with Gasteiger partial charge in [0.1, 0.15) is 6.04 Å². The molecule has 0 radical (unpaired) electrons. The Bertz CT molecular complexity index is 1310. The number of carbonyl (C=O) groups is 3. The van der Waals surface area contributed by atoms with Gasteiger partial charge in [-0.1, -0.05) is 95.3 Å². The third-order valence-corrected chi connectivity index (χ3v) is 8.78. The number of rotatable bonds is 16. The van der Waals surface area contributed by atoms with Gasteiger partial charge in [-0.3, -0.25) is 9.59 Å². The number of hydrogen-bond donors (Lipinski definition) is 3. The molecule has 0 aliphatic heterocycles. The zero-order valence-corrected chi connectivity index (χ0v) is 27.8. The number of hydrogen-bond acceptors (Lipinski definition) is 5. The Morgan fingerprint density at radius 1 is 0.818 bits per heavy atom. The average Bonchev–Trinajstić information content (AvgIpc) is 3.48. The number of carbonyl (C=O) groups excluding carboxylic acids is 3. The number of amides is 4. The second-order valence-corrected chi connectivity index (χ2v) is 13.0. The minimum Gasteiger partial charge on any atom is -0.353 e. The monoisotopic (exact) mass is 619 g/mol. The molecule has 1 aromatic heterocycles. The molecular weight excluding hydrogens is 570 g/mol. The molecule has 9 heteroatoms. The third kappa shape index (κ3) is 11.4. The van der Waals surface area contributed by atoms with Gasteiger partial charge in [-0.15, -0.1) is 11.3 Å². The van der Waals surface area contributed by atoms with E-state index in [9.17, 15) is 14.4 Å². The summed E-state index contributed by atoms with van der Waals surface area (Å²) < 4.78 is 0. The van der Waals surface area contributed by atoms with Crippen LogP contribution in [-0.4, -0.2) is 52.9 Å². The van der Waals surface area contributed by atoms with Crippen LogP contribution < -0.4 is 16.0 Å². The van der Waals surface area contributed by atoms with Crippen molar-refractivity contribution in [3.8, 4) is 0 Å². The summed E-state index contributed by atoms with van der Waals surface area (Å²) in [5.74, 6) is 0.0171. The first-order valence-corrected chi connectivity index (χ1v) is 16.6. The van der Waals surface area contributed by atoms with Crippen molar-refractivity contribution in [3.63, 3.8) is 0 Å². The van der Waals surface area contributed by atoms with Crippen molar-refractivity contribution in [3.05, 3.63) is 87.9 Å². The molecule has 44 heavy (non-hydrogen) atoms. The van der Waals surface area contributed by atoms with Crippen LogP contribution in [0.5, 0.6) is 0 Å². The Morgan fingerprint density at radius 3 is 1.84 bits per heavy atom. The minimum atomic E-state index is -0.704. The normalized spacial score (nSPS) is 13.3. The molecule has 3 aromatic rings. The summed E-state index contributed by atoms with van der Waals surface area (Å²) in [6, 6.07) is 18.9. The van der Waals surface area contributed by atoms with Crippen molar-refractivity contribution >= 4 is 29.2 Å². The molecule has 2 aromatic carbocycles. The third-order valence-electron chi connectivity index (χ3n) is 7.58. The van der Waals surface area contributed by atoms with E-state index < -0.39 is 6.04 Å². The van der Waals surface area contributed by atoms with Gasteiger partial charge in [-0.05, 0) is 42.7 Å². The zero-order valence-electron chi connectivity index (χ0n) is 27.0. The standard InChI is InChI=1S/C35H49N5O3S/c1-7-31(41)36-28(20-26-14-10-8-11-15-26)18-19-29(21-27-16-12-9-13-17-27)37-33(42)32(24(2)3)39-35(43)40(6)22-30-23-44-34(38-30)25(4)5/h8-17,23-25,28-29,32H,7,18-22H2,1-6H3,(H,36,41)(H,37,42)(H,39,43)/t28-,29-,32+/m1/s1. The van der Waals surface area contributed by atoms with Crippen LogP contribution in [-0.2, 0) is 29.0 Å². The lowest BCUT2D eigenvalue weighted by molar-refractivity contribution is -0.125. The number of aromatic nitrogens is 1. The first kappa shape index (κ1) is 34.8. The van der Waals surface area contributed by atoms with Gasteiger partial charge in [0.05, 0.1) is 17.2 Å². The molecule has 3 N–H and O–H groups in total. The lowest BCUT2D eigenvalue weighted by Gasteiger charge is -2.28. The highest BCUT2D eigenvalue weighted by atomic mass is 32.1. The molecule has 238 valence electrons. The van der Waals surface area contributed by atoms with Gasteiger partial charge in [-0.25, -0.2) is 9.78 Å². The molecule has 3 atom stereocenters. The van der Waals surface area contributed by atoms with Crippen LogP contribution in [0, 0.1) is 5.92 Å². The molecule has 0 saturated heterocycles. The van der Waals surface area contributed by atoms with E-state index in [1.54, 1.807) is 23.3 Å². The predicted molar refractivity (Wildman–Crippen MR) is 179 cm³/mol. The molecule has 4 amide bonds. The van der Waals surface area contributed by atoms with Gasteiger partial charge < -0.3 is 20.9 Å². The highest BCUT2D eigenvalue weighted by Gasteiger charge is 2.28. The minimum absolute atomic E-state index is 0.0133. The van der Waals surface area contributed by atoms with Gasteiger partial charge in [0.15, 0.2) is 0 Å². The Kier molecular flexibility index (Phi) is 13.9. The van der Waals surface area contributed by atoms with E-state index in [2.05, 4.69) is 59.0 Å². The molecule has 8 nitrogen and oxygen atoms in total. The number of thiazole rings is 1. The summed E-state index contributed by atoms with van der Waals surface area (Å²) in [5, 5.41) is 12.4. The fourth-order valence-electron chi connectivity index (χ4n) is 5.02. The van der Waals surface area contributed by atoms with E-state index in [1.807, 2.05) is 62.5 Å². The van der Waals surface area contributed by atoms with Gasteiger partial charge in [0.2, 0.25) is 11.8 Å². The number of nitrogens with zero attached hydrogens (tertiary/aromatic N) is 2. The molecule has 3 rings (SSSR count). The SMILES string of the molecule is CCC(=O)N[C@H](CC[C@H](Cc1ccccc1)NC(=O)[C@@H](NC(=O)N(C)Cc1csc(C(C)C)n1)C(C)C)Cc1ccccc1. The second kappa shape index (κ2) is 17.5. The van der Waals surface area contributed by atoms with Crippen molar-refractivity contribution in [1.82, 2.24) is 25.8 Å². The summed E-state index contributed by atoms with van der Waals surface area (Å²) in [5.41, 5.74) is 3.11. The quantitative estimate of drug-likeness (QED) is 0.181. The van der Waals surface area contributed by atoms with Gasteiger partial charge in [0, 0.05) is 36.9 Å². The Balaban J connectivity index is 1.70. The first-order valence-electron chi connectivity index (χ1n) is 15.7. The second-order valence-electron chi connectivity index (χ2n) is 12.1. The highest BCUT2D eigenvalue weighted by molar-refractivity contribution is 7.09. The van der Waals surface area contributed by atoms with Gasteiger partial charge >= 0.3 is 6.03 Å². The Labute approximate surface area is 267 Å². The fraction of sp³-hybridized carbons (Fsp3) is 0.486. The van der Waals surface area contributed by atoms with Crippen LogP contribution in [0.15, 0.2) is 66.0 Å². The molecular formula is C35H49N5O3S. The number of nitrogens with one attached hydrogen (secondary N) is 3. The van der Waals surface area contributed by atoms with Crippen molar-refractivity contribution in [2.75, 3.05) is 7.05 Å². The molecule has 0 aliphatic rings. The maximum Gasteiger partial charge on any atom is 0.318 e. The lowest BCUT2D eigenvalue weighted by atomic mass is 9.95. The number of urea groups is 1. The smallest absolute Gasteiger partial charge is 0.318 e. The van der Waals surface area contributed by atoms with Crippen molar-refractivity contribution in [2.45, 2.75) is 97.3 Å². The Morgan fingerprint density at radius 2 is 1.36 bits per heavy atom. The summed E-state index contributed by atoms with van der Waals surface area (Å²) in [7, 11) is 1.72. The van der Waals surface area contributed by atoms with Crippen LogP contribution in [0.3, 0.4) is 0 Å². The maximum absolute atomic E-state index is 13.7. The summed E-state index contributed by atoms with van der Waals surface area (Å²) >= 11 is 1.60. The summed E-state index contributed by atoms with van der Waals surface area (Å²) in [6.45, 7) is 10.3. The van der Waals surface area contributed by atoms with Crippen LogP contribution in [0.25, 0.3) is 0 Å². The van der Waals surface area contributed by atoms with Crippen LogP contribution in [0.2, 0.25) is 0 Å². The van der Waals surface area contributed by atoms with Crippen LogP contribution in [0.4, 0.5) is 4.79 Å². The molecule has 0 aliphatic carbocycles. The fourth-order valence-corrected chi connectivity index (χ4v) is 5.85. The van der Waals surface area contributed by atoms with E-state index in [4.69, 9.17) is 0 Å². The topological polar surface area (TPSA) is 103 Å². The molecule has 0 spiro atoms. The summed E-state index contributed by atoms with van der Waals surface area (Å²) in [4.78, 5) is 45.5. The van der Waals surface area contributed by atoms with Crippen LogP contribution in [0.1, 0.15) is 81.6 Å². The van der Waals surface area contributed by atoms with Crippen molar-refractivity contribution in [2.24, 2.45) is 5.92 Å². The first-order chi connectivity index (χ1) is 21.0. The van der Waals surface area contributed by atoms with E-state index in [1.165, 1.54) is 0 Å². The Hall–Kier alpha value is -3.72. The highest BCUT2D eigenvalue weighted by Crippen LogP contribution is 2.20. The van der Waals surface area contributed by atoms with E-state index in [0.29, 0.717) is 44.6 Å².